The molecule has 17 heavy (non-hydrogen) atoms. The maximum absolute atomic E-state index is 3.54. The molecule has 2 atom stereocenters. The lowest BCUT2D eigenvalue weighted by molar-refractivity contribution is 0.191. The summed E-state index contributed by atoms with van der Waals surface area (Å²) >= 11 is 0. The van der Waals surface area contributed by atoms with E-state index in [0.717, 1.165) is 5.92 Å². The van der Waals surface area contributed by atoms with E-state index >= 15 is 0 Å². The van der Waals surface area contributed by atoms with Gasteiger partial charge >= 0.3 is 0 Å². The fraction of sp³-hybridized carbons (Fsp3) is 1.00. The maximum Gasteiger partial charge on any atom is 0.00418 e. The van der Waals surface area contributed by atoms with Gasteiger partial charge in [-0.25, -0.2) is 0 Å². The van der Waals surface area contributed by atoms with E-state index in [4.69, 9.17) is 0 Å². The number of nitrogens with one attached hydrogen (secondary N) is 1. The molecule has 1 heterocycles. The van der Waals surface area contributed by atoms with Gasteiger partial charge in [-0.05, 0) is 72.4 Å². The van der Waals surface area contributed by atoms with Crippen LogP contribution in [0.5, 0.6) is 0 Å². The molecule has 1 rings (SSSR count). The van der Waals surface area contributed by atoms with Crippen LogP contribution in [0.2, 0.25) is 0 Å². The van der Waals surface area contributed by atoms with Crippen molar-refractivity contribution in [2.24, 2.45) is 5.92 Å². The van der Waals surface area contributed by atoms with Crippen molar-refractivity contribution in [2.45, 2.75) is 39.2 Å². The van der Waals surface area contributed by atoms with Gasteiger partial charge < -0.3 is 15.1 Å². The normalized spacial score (nSPS) is 25.8. The number of hydrogen-bond acceptors (Lipinski definition) is 3. The van der Waals surface area contributed by atoms with Crippen LogP contribution in [0.15, 0.2) is 0 Å². The molecule has 0 aromatic rings. The first-order valence-electron chi connectivity index (χ1n) is 7.22. The van der Waals surface area contributed by atoms with Gasteiger partial charge in [0, 0.05) is 12.6 Å². The number of hydrogen-bond donors (Lipinski definition) is 1. The van der Waals surface area contributed by atoms with E-state index in [0.29, 0.717) is 6.04 Å². The van der Waals surface area contributed by atoms with Crippen molar-refractivity contribution in [3.8, 4) is 0 Å². The van der Waals surface area contributed by atoms with E-state index in [1.165, 1.54) is 52.0 Å². The lowest BCUT2D eigenvalue weighted by atomic mass is 9.93. The number of rotatable bonds is 7. The SMILES string of the molecule is CCN(CCCN(C)C)CC1CCNC(C)C1. The highest BCUT2D eigenvalue weighted by molar-refractivity contribution is 4.77. The Morgan fingerprint density at radius 3 is 2.59 bits per heavy atom. The van der Waals surface area contributed by atoms with Crippen molar-refractivity contribution < 1.29 is 0 Å². The molecule has 0 saturated carbocycles. The van der Waals surface area contributed by atoms with Crippen molar-refractivity contribution >= 4 is 0 Å². The van der Waals surface area contributed by atoms with Gasteiger partial charge in [-0.3, -0.25) is 0 Å². The molecule has 1 N–H and O–H groups in total. The Morgan fingerprint density at radius 1 is 1.24 bits per heavy atom. The van der Waals surface area contributed by atoms with Crippen molar-refractivity contribution in [1.29, 1.82) is 0 Å². The van der Waals surface area contributed by atoms with E-state index in [2.05, 4.69) is 43.1 Å². The zero-order valence-corrected chi connectivity index (χ0v) is 12.2. The molecule has 1 saturated heterocycles. The average molecular weight is 241 g/mol. The summed E-state index contributed by atoms with van der Waals surface area (Å²) in [5.74, 6) is 0.908. The van der Waals surface area contributed by atoms with Crippen molar-refractivity contribution in [2.75, 3.05) is 46.8 Å². The van der Waals surface area contributed by atoms with E-state index < -0.39 is 0 Å². The van der Waals surface area contributed by atoms with Crippen molar-refractivity contribution in [1.82, 2.24) is 15.1 Å². The lowest BCUT2D eigenvalue weighted by Crippen LogP contribution is -2.41. The van der Waals surface area contributed by atoms with Crippen LogP contribution in [0.25, 0.3) is 0 Å². The highest BCUT2D eigenvalue weighted by Gasteiger charge is 2.20. The predicted molar refractivity (Wildman–Crippen MR) is 75.5 cm³/mol. The summed E-state index contributed by atoms with van der Waals surface area (Å²) in [6.45, 7) is 10.8. The number of piperidine rings is 1. The van der Waals surface area contributed by atoms with Crippen LogP contribution in [-0.2, 0) is 0 Å². The zero-order valence-electron chi connectivity index (χ0n) is 12.2. The third kappa shape index (κ3) is 6.39. The Labute approximate surface area is 108 Å². The van der Waals surface area contributed by atoms with Crippen LogP contribution in [0, 0.1) is 5.92 Å². The summed E-state index contributed by atoms with van der Waals surface area (Å²) in [7, 11) is 4.32. The molecule has 102 valence electrons. The summed E-state index contributed by atoms with van der Waals surface area (Å²) < 4.78 is 0. The smallest absolute Gasteiger partial charge is 0.00418 e. The van der Waals surface area contributed by atoms with Gasteiger partial charge in [0.2, 0.25) is 0 Å². The molecule has 1 aliphatic rings. The van der Waals surface area contributed by atoms with Crippen LogP contribution in [0.3, 0.4) is 0 Å². The van der Waals surface area contributed by atoms with Gasteiger partial charge in [-0.2, -0.15) is 0 Å². The third-order valence-corrected chi connectivity index (χ3v) is 3.78. The van der Waals surface area contributed by atoms with Crippen LogP contribution in [0.1, 0.15) is 33.1 Å². The maximum atomic E-state index is 3.54. The quantitative estimate of drug-likeness (QED) is 0.731. The van der Waals surface area contributed by atoms with Crippen LogP contribution >= 0.6 is 0 Å². The first kappa shape index (κ1) is 14.9. The fourth-order valence-electron chi connectivity index (χ4n) is 2.76. The summed E-state index contributed by atoms with van der Waals surface area (Å²) in [4.78, 5) is 4.91. The van der Waals surface area contributed by atoms with Gasteiger partial charge in [-0.1, -0.05) is 6.92 Å². The fourth-order valence-corrected chi connectivity index (χ4v) is 2.76. The van der Waals surface area contributed by atoms with Crippen LogP contribution < -0.4 is 5.32 Å². The van der Waals surface area contributed by atoms with Crippen LogP contribution in [-0.4, -0.2) is 62.7 Å². The third-order valence-electron chi connectivity index (χ3n) is 3.78. The van der Waals surface area contributed by atoms with Crippen LogP contribution in [0.4, 0.5) is 0 Å². The van der Waals surface area contributed by atoms with Crippen molar-refractivity contribution in [3.05, 3.63) is 0 Å². The lowest BCUT2D eigenvalue weighted by Gasteiger charge is -2.32. The average Bonchev–Trinajstić information content (AvgIpc) is 2.27. The highest BCUT2D eigenvalue weighted by atomic mass is 15.1. The Morgan fingerprint density at radius 2 is 2.00 bits per heavy atom. The molecule has 1 fully saturated rings. The molecule has 0 bridgehead atoms. The van der Waals surface area contributed by atoms with Gasteiger partial charge in [0.05, 0.1) is 0 Å². The Bertz CT molecular complexity index is 194. The standard InChI is InChI=1S/C14H31N3/c1-5-17(10-6-9-16(3)4)12-14-7-8-15-13(2)11-14/h13-15H,5-12H2,1-4H3. The highest BCUT2D eigenvalue weighted by Crippen LogP contribution is 2.17. The molecular weight excluding hydrogens is 210 g/mol. The molecule has 0 aromatic heterocycles. The summed E-state index contributed by atoms with van der Waals surface area (Å²) in [6.07, 6.45) is 4.00. The first-order chi connectivity index (χ1) is 8.11. The minimum Gasteiger partial charge on any atom is -0.314 e. The molecule has 3 nitrogen and oxygen atoms in total. The molecular formula is C14H31N3. The van der Waals surface area contributed by atoms with E-state index in [1.54, 1.807) is 0 Å². The minimum absolute atomic E-state index is 0.717. The molecule has 2 unspecified atom stereocenters. The summed E-state index contributed by atoms with van der Waals surface area (Å²) in [5, 5.41) is 3.54. The Kier molecular flexibility index (Phi) is 7.09. The second-order valence-electron chi connectivity index (χ2n) is 5.80. The van der Waals surface area contributed by atoms with Gasteiger partial charge in [0.1, 0.15) is 0 Å². The monoisotopic (exact) mass is 241 g/mol. The Balaban J connectivity index is 2.20. The largest absolute Gasteiger partial charge is 0.314 e. The molecule has 1 aliphatic heterocycles. The molecule has 3 heteroatoms. The van der Waals surface area contributed by atoms with Gasteiger partial charge in [0.25, 0.3) is 0 Å². The minimum atomic E-state index is 0.717. The topological polar surface area (TPSA) is 18.5 Å². The van der Waals surface area contributed by atoms with E-state index in [1.807, 2.05) is 0 Å². The first-order valence-corrected chi connectivity index (χ1v) is 7.22. The summed E-state index contributed by atoms with van der Waals surface area (Å²) in [6, 6.07) is 0.717. The van der Waals surface area contributed by atoms with E-state index in [-0.39, 0.29) is 0 Å². The number of nitrogens with zero attached hydrogens (tertiary/aromatic N) is 2. The van der Waals surface area contributed by atoms with Crippen molar-refractivity contribution in [3.63, 3.8) is 0 Å². The molecule has 0 aliphatic carbocycles. The molecule has 0 radical (unpaired) electrons. The van der Waals surface area contributed by atoms with Gasteiger partial charge in [0.15, 0.2) is 0 Å². The molecule has 0 aromatic carbocycles. The second kappa shape index (κ2) is 8.06. The summed E-state index contributed by atoms with van der Waals surface area (Å²) in [5.41, 5.74) is 0. The predicted octanol–water partition coefficient (Wildman–Crippen LogP) is 1.65. The molecule has 0 amide bonds. The second-order valence-corrected chi connectivity index (χ2v) is 5.80. The Hall–Kier alpha value is -0.120. The van der Waals surface area contributed by atoms with Gasteiger partial charge in [-0.15, -0.1) is 0 Å². The zero-order chi connectivity index (χ0) is 12.7. The van der Waals surface area contributed by atoms with E-state index in [9.17, 15) is 0 Å². The molecule has 0 spiro atoms.